The van der Waals surface area contributed by atoms with E-state index in [1.165, 1.54) is 6.92 Å². The van der Waals surface area contributed by atoms with E-state index in [0.717, 1.165) is 30.5 Å². The lowest BCUT2D eigenvalue weighted by molar-refractivity contribution is -0.141. The smallest absolute Gasteiger partial charge is 0.394 e. The van der Waals surface area contributed by atoms with Crippen molar-refractivity contribution in [3.63, 3.8) is 0 Å². The van der Waals surface area contributed by atoms with E-state index < -0.39 is 53.2 Å². The largest absolute Gasteiger partial charge is 0.433 e. The molecule has 0 radical (unpaired) electrons. The van der Waals surface area contributed by atoms with Crippen molar-refractivity contribution in [3.8, 4) is 16.9 Å². The molecule has 0 aliphatic carbocycles. The number of hydrogen-bond acceptors (Lipinski definition) is 5. The molecule has 0 bridgehead atoms. The van der Waals surface area contributed by atoms with Gasteiger partial charge in [0.1, 0.15) is 22.9 Å². The summed E-state index contributed by atoms with van der Waals surface area (Å²) in [5.41, 5.74) is -3.22. The first-order valence-electron chi connectivity index (χ1n) is 9.06. The molecule has 0 aliphatic heterocycles. The quantitative estimate of drug-likeness (QED) is 0.578. The minimum atomic E-state index is -4.69. The summed E-state index contributed by atoms with van der Waals surface area (Å²) in [5.74, 6) is -2.96. The first kappa shape index (κ1) is 23.0. The summed E-state index contributed by atoms with van der Waals surface area (Å²) in [6.45, 7) is 1.02. The second-order valence-corrected chi connectivity index (χ2v) is 6.77. The molecule has 0 saturated heterocycles. The van der Waals surface area contributed by atoms with Gasteiger partial charge < -0.3 is 10.4 Å². The third-order valence-corrected chi connectivity index (χ3v) is 4.25. The van der Waals surface area contributed by atoms with E-state index in [1.54, 1.807) is 0 Å². The first-order valence-corrected chi connectivity index (χ1v) is 9.06. The molecular formula is C20H15F5N4O3. The molecule has 3 rings (SSSR count). The lowest BCUT2D eigenvalue weighted by Gasteiger charge is -2.14. The summed E-state index contributed by atoms with van der Waals surface area (Å²) < 4.78 is 66.3. The summed E-state index contributed by atoms with van der Waals surface area (Å²) in [4.78, 5) is 28.7. The van der Waals surface area contributed by atoms with Crippen LogP contribution in [0, 0.1) is 11.6 Å². The number of carbonyl (C=O) groups excluding carboxylic acids is 1. The third kappa shape index (κ3) is 4.97. The van der Waals surface area contributed by atoms with Gasteiger partial charge in [-0.1, -0.05) is 0 Å². The van der Waals surface area contributed by atoms with Crippen LogP contribution in [0.3, 0.4) is 0 Å². The highest BCUT2D eigenvalue weighted by molar-refractivity contribution is 5.95. The van der Waals surface area contributed by atoms with Crippen LogP contribution in [-0.4, -0.2) is 38.4 Å². The van der Waals surface area contributed by atoms with Crippen molar-refractivity contribution in [2.45, 2.75) is 19.1 Å². The second-order valence-electron chi connectivity index (χ2n) is 6.77. The van der Waals surface area contributed by atoms with E-state index in [4.69, 9.17) is 5.11 Å². The Balaban J connectivity index is 2.20. The number of nitrogens with one attached hydrogen (secondary N) is 1. The fraction of sp³-hybridized carbons (Fsp3) is 0.200. The van der Waals surface area contributed by atoms with Crippen molar-refractivity contribution in [2.75, 3.05) is 6.61 Å². The van der Waals surface area contributed by atoms with Crippen LogP contribution in [0.2, 0.25) is 0 Å². The summed E-state index contributed by atoms with van der Waals surface area (Å²) in [6.07, 6.45) is -3.85. The Kier molecular flexibility index (Phi) is 6.35. The summed E-state index contributed by atoms with van der Waals surface area (Å²) in [6, 6.07) is 4.15. The van der Waals surface area contributed by atoms with Crippen molar-refractivity contribution in [1.29, 1.82) is 0 Å². The minimum Gasteiger partial charge on any atom is -0.394 e. The van der Waals surface area contributed by atoms with Gasteiger partial charge >= 0.3 is 6.18 Å². The highest BCUT2D eigenvalue weighted by Crippen LogP contribution is 2.28. The monoisotopic (exact) mass is 454 g/mol. The Hall–Kier alpha value is -3.67. The molecule has 0 saturated carbocycles. The van der Waals surface area contributed by atoms with Gasteiger partial charge in [-0.3, -0.25) is 14.6 Å². The summed E-state index contributed by atoms with van der Waals surface area (Å²) >= 11 is 0. The maximum absolute atomic E-state index is 13.7. The van der Waals surface area contributed by atoms with Crippen molar-refractivity contribution in [3.05, 3.63) is 75.8 Å². The molecule has 0 aliphatic rings. The zero-order valence-electron chi connectivity index (χ0n) is 16.3. The topological polar surface area (TPSA) is 97.1 Å². The van der Waals surface area contributed by atoms with E-state index in [0.29, 0.717) is 16.8 Å². The lowest BCUT2D eigenvalue weighted by Crippen LogP contribution is -2.39. The van der Waals surface area contributed by atoms with Crippen LogP contribution in [0.15, 0.2) is 47.4 Å². The predicted molar refractivity (Wildman–Crippen MR) is 102 cm³/mol. The van der Waals surface area contributed by atoms with Gasteiger partial charge in [0, 0.05) is 23.9 Å². The lowest BCUT2D eigenvalue weighted by atomic mass is 10.1. The number of alkyl halides is 3. The highest BCUT2D eigenvalue weighted by atomic mass is 19.4. The molecule has 1 atom stereocenters. The zero-order chi connectivity index (χ0) is 23.6. The zero-order valence-corrected chi connectivity index (χ0v) is 16.3. The number of aliphatic hydroxyl groups is 1. The number of aromatic nitrogens is 3. The minimum absolute atomic E-state index is 0.00730. The average molecular weight is 454 g/mol. The first-order chi connectivity index (χ1) is 15.0. The van der Waals surface area contributed by atoms with Gasteiger partial charge in [-0.05, 0) is 37.3 Å². The predicted octanol–water partition coefficient (Wildman–Crippen LogP) is 2.70. The maximum atomic E-state index is 13.7. The molecular weight excluding hydrogens is 439 g/mol. The van der Waals surface area contributed by atoms with Crippen molar-refractivity contribution < 1.29 is 31.9 Å². The van der Waals surface area contributed by atoms with E-state index in [1.807, 2.05) is 0 Å². The number of rotatable bonds is 5. The van der Waals surface area contributed by atoms with Crippen molar-refractivity contribution >= 4 is 5.91 Å². The van der Waals surface area contributed by atoms with Gasteiger partial charge in [0.2, 0.25) is 0 Å². The molecule has 7 nitrogen and oxygen atoms in total. The Morgan fingerprint density at radius 1 is 1.16 bits per heavy atom. The second kappa shape index (κ2) is 8.83. The van der Waals surface area contributed by atoms with Gasteiger partial charge in [0.15, 0.2) is 0 Å². The third-order valence-electron chi connectivity index (χ3n) is 4.25. The van der Waals surface area contributed by atoms with E-state index in [2.05, 4.69) is 15.4 Å². The molecule has 32 heavy (non-hydrogen) atoms. The average Bonchev–Trinajstić information content (AvgIpc) is 2.72. The van der Waals surface area contributed by atoms with Gasteiger partial charge in [-0.2, -0.15) is 23.0 Å². The molecule has 3 aromatic rings. The van der Waals surface area contributed by atoms with Gasteiger partial charge in [0.25, 0.3) is 11.5 Å². The van der Waals surface area contributed by atoms with E-state index in [-0.39, 0.29) is 16.9 Å². The molecule has 0 fully saturated rings. The Bertz CT molecular complexity index is 1190. The number of carbonyl (C=O) groups is 1. The highest BCUT2D eigenvalue weighted by Gasteiger charge is 2.32. The molecule has 168 valence electrons. The molecule has 1 unspecified atom stereocenters. The Morgan fingerprint density at radius 3 is 2.34 bits per heavy atom. The van der Waals surface area contributed by atoms with Crippen molar-refractivity contribution in [2.24, 2.45) is 0 Å². The van der Waals surface area contributed by atoms with Gasteiger partial charge in [0.05, 0.1) is 18.0 Å². The molecule has 12 heteroatoms. The molecule has 2 aromatic heterocycles. The number of pyridine rings is 1. The van der Waals surface area contributed by atoms with Crippen molar-refractivity contribution in [1.82, 2.24) is 20.1 Å². The molecule has 1 amide bonds. The number of hydrogen-bond donors (Lipinski definition) is 2. The van der Waals surface area contributed by atoms with Crippen LogP contribution in [-0.2, 0) is 6.18 Å². The number of benzene rings is 1. The standard InChI is InChI=1S/C20H15F5N4O3/c1-10(9-30)27-18(31)15-7-16(11-2-3-17(26-8-11)20(23,24)25)28-29(19(15)32)14-5-12(21)4-13(22)6-14/h2-8,10,30H,9H2,1H3,(H,27,31). The van der Waals surface area contributed by atoms with Crippen LogP contribution in [0.25, 0.3) is 16.9 Å². The summed E-state index contributed by atoms with van der Waals surface area (Å²) in [7, 11) is 0. The van der Waals surface area contributed by atoms with Crippen LogP contribution in [0.4, 0.5) is 22.0 Å². The fourth-order valence-corrected chi connectivity index (χ4v) is 2.70. The molecule has 2 N–H and O–H groups in total. The van der Waals surface area contributed by atoms with Crippen LogP contribution in [0.5, 0.6) is 0 Å². The number of amides is 1. The molecule has 0 spiro atoms. The van der Waals surface area contributed by atoms with Gasteiger partial charge in [-0.15, -0.1) is 0 Å². The Labute approximate surface area is 177 Å². The van der Waals surface area contributed by atoms with E-state index >= 15 is 0 Å². The fourth-order valence-electron chi connectivity index (χ4n) is 2.70. The maximum Gasteiger partial charge on any atom is 0.433 e. The van der Waals surface area contributed by atoms with Crippen LogP contribution >= 0.6 is 0 Å². The normalized spacial score (nSPS) is 12.5. The number of halogens is 5. The van der Waals surface area contributed by atoms with E-state index in [9.17, 15) is 31.5 Å². The SMILES string of the molecule is CC(CO)NC(=O)c1cc(-c2ccc(C(F)(F)F)nc2)nn(-c2cc(F)cc(F)c2)c1=O. The van der Waals surface area contributed by atoms with Gasteiger partial charge in [-0.25, -0.2) is 8.78 Å². The molecule has 1 aromatic carbocycles. The Morgan fingerprint density at radius 2 is 1.81 bits per heavy atom. The van der Waals surface area contributed by atoms with Crippen LogP contribution < -0.4 is 10.9 Å². The summed E-state index contributed by atoms with van der Waals surface area (Å²) in [5, 5.41) is 15.4. The number of nitrogens with zero attached hydrogens (tertiary/aromatic N) is 3. The number of aliphatic hydroxyl groups excluding tert-OH is 1. The molecule has 2 heterocycles. The van der Waals surface area contributed by atoms with Crippen LogP contribution in [0.1, 0.15) is 23.0 Å².